The Kier molecular flexibility index (Phi) is 20.9. The second kappa shape index (κ2) is 28.5. The average Bonchev–Trinajstić information content (AvgIpc) is 0.817. The summed E-state index contributed by atoms with van der Waals surface area (Å²) < 4.78 is 32.3. The minimum absolute atomic E-state index is 0.124. The molecule has 17 heteroatoms. The number of imide groups is 3. The van der Waals surface area contributed by atoms with Crippen LogP contribution in [0.15, 0.2) is 91.0 Å². The molecule has 6 aromatic rings. The molecule has 3 N–H and O–H groups in total. The number of carbonyl (C=O) groups excluding carboxylic acids is 6. The number of hydrogen-bond donors (Lipinski definition) is 3. The van der Waals surface area contributed by atoms with Crippen molar-refractivity contribution in [3.05, 3.63) is 124 Å². The van der Waals surface area contributed by atoms with Crippen molar-refractivity contribution >= 4 is 84.8 Å². The Hall–Kier alpha value is -7.28. The highest BCUT2D eigenvalue weighted by Gasteiger charge is 2.37. The van der Waals surface area contributed by atoms with Gasteiger partial charge in [-0.15, -0.1) is 0 Å². The maximum atomic E-state index is 13.6. The van der Waals surface area contributed by atoms with E-state index in [4.69, 9.17) is 23.7 Å². The van der Waals surface area contributed by atoms with E-state index < -0.39 is 5.41 Å². The zero-order valence-electron chi connectivity index (χ0n) is 51.6. The Labute approximate surface area is 505 Å². The molecule has 458 valence electrons. The lowest BCUT2D eigenvalue weighted by Gasteiger charge is -2.33. The first-order valence-corrected chi connectivity index (χ1v) is 31.0. The summed E-state index contributed by atoms with van der Waals surface area (Å²) in [6.45, 7) is 22.1. The second-order valence-corrected chi connectivity index (χ2v) is 23.8. The number of amides is 6. The molecule has 17 nitrogen and oxygen atoms in total. The monoisotopic (exact) mass is 1170 g/mol. The summed E-state index contributed by atoms with van der Waals surface area (Å²) in [5.74, 6) is -1.56. The molecule has 3 aliphatic heterocycles. The second-order valence-electron chi connectivity index (χ2n) is 23.8. The molecule has 0 fully saturated rings. The van der Waals surface area contributed by atoms with Crippen molar-refractivity contribution in [2.75, 3.05) is 88.4 Å². The highest BCUT2D eigenvalue weighted by atomic mass is 16.5. The summed E-state index contributed by atoms with van der Waals surface area (Å²) in [5, 5.41) is 15.2. The topological polar surface area (TPSA) is 194 Å². The first-order valence-electron chi connectivity index (χ1n) is 31.0. The number of unbranched alkanes of at least 4 members (excludes halogenated alkanes) is 3. The molecule has 86 heavy (non-hydrogen) atoms. The molecule has 0 saturated carbocycles. The number of nitrogens with zero attached hydrogens (tertiary/aromatic N) is 3. The Balaban J connectivity index is 0.813. The van der Waals surface area contributed by atoms with Gasteiger partial charge in [0.2, 0.25) is 0 Å². The van der Waals surface area contributed by atoms with Crippen LogP contribution in [0.2, 0.25) is 0 Å². The van der Waals surface area contributed by atoms with Crippen LogP contribution >= 0.6 is 0 Å². The van der Waals surface area contributed by atoms with Crippen LogP contribution in [0.3, 0.4) is 0 Å². The van der Waals surface area contributed by atoms with Crippen molar-refractivity contribution in [2.24, 2.45) is 5.41 Å². The van der Waals surface area contributed by atoms with Crippen LogP contribution in [0.25, 0.3) is 32.3 Å². The van der Waals surface area contributed by atoms with Gasteiger partial charge in [0.1, 0.15) is 0 Å². The molecule has 9 rings (SSSR count). The number of ether oxygens (including phenoxy) is 5. The van der Waals surface area contributed by atoms with Crippen LogP contribution in [-0.2, 0) is 23.7 Å². The number of nitrogens with one attached hydrogen (secondary N) is 3. The molecular weight excluding hydrogens is 1090 g/mol. The van der Waals surface area contributed by atoms with Gasteiger partial charge in [0, 0.05) is 126 Å². The zero-order valence-corrected chi connectivity index (χ0v) is 51.6. The van der Waals surface area contributed by atoms with Gasteiger partial charge in [-0.25, -0.2) is 0 Å². The Morgan fingerprint density at radius 2 is 0.674 bits per heavy atom. The maximum absolute atomic E-state index is 13.6. The van der Waals surface area contributed by atoms with Gasteiger partial charge >= 0.3 is 0 Å². The lowest BCUT2D eigenvalue weighted by Crippen LogP contribution is -2.41. The van der Waals surface area contributed by atoms with Gasteiger partial charge in [0.15, 0.2) is 0 Å². The first-order chi connectivity index (χ1) is 41.5. The van der Waals surface area contributed by atoms with Crippen LogP contribution in [0.1, 0.15) is 169 Å². The molecule has 3 aliphatic rings. The van der Waals surface area contributed by atoms with Crippen molar-refractivity contribution in [1.82, 2.24) is 14.7 Å². The molecule has 5 atom stereocenters. The summed E-state index contributed by atoms with van der Waals surface area (Å²) in [6.07, 6.45) is 5.02. The van der Waals surface area contributed by atoms with Crippen molar-refractivity contribution in [2.45, 2.75) is 138 Å². The lowest BCUT2D eigenvalue weighted by atomic mass is 9.88. The third kappa shape index (κ3) is 13.6. The highest BCUT2D eigenvalue weighted by molar-refractivity contribution is 6.29. The summed E-state index contributed by atoms with van der Waals surface area (Å²) in [4.78, 5) is 85.3. The van der Waals surface area contributed by atoms with Crippen LogP contribution in [0, 0.1) is 5.41 Å². The van der Waals surface area contributed by atoms with E-state index in [1.807, 2.05) is 128 Å². The van der Waals surface area contributed by atoms with Gasteiger partial charge < -0.3 is 39.6 Å². The van der Waals surface area contributed by atoms with Crippen molar-refractivity contribution < 1.29 is 52.5 Å². The first kappa shape index (κ1) is 63.2. The standard InChI is InChI=1S/C69H86N6O11/c1-10-14-32-73-63(76)51-23-17-20-48-57(29-26-54(60(48)51)66(73)79)70-43(5)35-82-40-69(13-4,41-83-38-46(8)85-36-44(6)71-58-30-27-55-61-49(58)21-18-24-52(61)64(77)74(67(55)80)33-15-11-2)42-84-39-47(9)86-37-45(7)72-59-31-28-56-62-50(59)22-19-25-53(62)65(78)75(68(56)81)34-16-12-3/h17-31,43-47,70-72H,10-16,32-42H2,1-9H3. The van der Waals surface area contributed by atoms with Crippen LogP contribution in [0.5, 0.6) is 0 Å². The molecule has 0 bridgehead atoms. The molecule has 0 aliphatic carbocycles. The van der Waals surface area contributed by atoms with E-state index >= 15 is 0 Å². The summed E-state index contributed by atoms with van der Waals surface area (Å²) in [5.41, 5.74) is 5.08. The molecule has 5 unspecified atom stereocenters. The third-order valence-corrected chi connectivity index (χ3v) is 16.7. The molecular formula is C69H86N6O11. The van der Waals surface area contributed by atoms with E-state index in [1.165, 1.54) is 14.7 Å². The van der Waals surface area contributed by atoms with Crippen molar-refractivity contribution in [3.63, 3.8) is 0 Å². The van der Waals surface area contributed by atoms with Crippen molar-refractivity contribution in [1.29, 1.82) is 0 Å². The average molecular weight is 1180 g/mol. The SMILES string of the molecule is CCCCN1C(=O)c2cccc3c(NC(C)COCC(CC)(COCC(C)OCC(C)Nc4ccc5c6c(cccc46)C(=O)N(CCCC)C5=O)COCC(C)OCC(C)Nc4ccc5c6c(cccc46)C(=O)N(CCCC)C5=O)ccc(c23)C1=O. The van der Waals surface area contributed by atoms with Crippen LogP contribution in [0.4, 0.5) is 17.1 Å². The van der Waals surface area contributed by atoms with Crippen LogP contribution in [-0.4, -0.2) is 153 Å². The van der Waals surface area contributed by atoms with E-state index in [-0.39, 0.29) is 65.8 Å². The van der Waals surface area contributed by atoms with E-state index in [9.17, 15) is 28.8 Å². The van der Waals surface area contributed by atoms with Gasteiger partial charge in [0.25, 0.3) is 35.4 Å². The molecule has 0 spiro atoms. The number of hydrogen-bond acceptors (Lipinski definition) is 14. The summed E-state index contributed by atoms with van der Waals surface area (Å²) in [7, 11) is 0. The van der Waals surface area contributed by atoms with Gasteiger partial charge in [0.05, 0.1) is 65.1 Å². The molecule has 0 radical (unpaired) electrons. The van der Waals surface area contributed by atoms with Gasteiger partial charge in [-0.05, 0) is 115 Å². The normalized spacial score (nSPS) is 16.5. The Morgan fingerprint density at radius 1 is 0.384 bits per heavy atom. The largest absolute Gasteiger partial charge is 0.380 e. The number of anilines is 3. The molecule has 0 saturated heterocycles. The number of carbonyl (C=O) groups is 6. The van der Waals surface area contributed by atoms with Gasteiger partial charge in [-0.3, -0.25) is 43.5 Å². The maximum Gasteiger partial charge on any atom is 0.261 e. The fourth-order valence-electron chi connectivity index (χ4n) is 11.8. The van der Waals surface area contributed by atoms with Crippen LogP contribution < -0.4 is 16.0 Å². The summed E-state index contributed by atoms with van der Waals surface area (Å²) in [6, 6.07) is 27.6. The predicted molar refractivity (Wildman–Crippen MR) is 338 cm³/mol. The fraction of sp³-hybridized carbons (Fsp3) is 0.478. The van der Waals surface area contributed by atoms with E-state index in [2.05, 4.69) is 22.9 Å². The molecule has 6 aromatic carbocycles. The minimum Gasteiger partial charge on any atom is -0.380 e. The zero-order chi connectivity index (χ0) is 61.2. The summed E-state index contributed by atoms with van der Waals surface area (Å²) >= 11 is 0. The fourth-order valence-corrected chi connectivity index (χ4v) is 11.8. The van der Waals surface area contributed by atoms with Gasteiger partial charge in [-0.2, -0.15) is 0 Å². The van der Waals surface area contributed by atoms with E-state index in [1.54, 1.807) is 18.2 Å². The Bertz CT molecular complexity index is 3260. The van der Waals surface area contributed by atoms with E-state index in [0.717, 1.165) is 71.7 Å². The smallest absolute Gasteiger partial charge is 0.261 e. The molecule has 3 heterocycles. The highest BCUT2D eigenvalue weighted by Crippen LogP contribution is 2.38. The molecule has 0 aromatic heterocycles. The van der Waals surface area contributed by atoms with Crippen molar-refractivity contribution in [3.8, 4) is 0 Å². The lowest BCUT2D eigenvalue weighted by molar-refractivity contribution is -0.101. The van der Waals surface area contributed by atoms with E-state index in [0.29, 0.717) is 128 Å². The third-order valence-electron chi connectivity index (χ3n) is 16.7. The number of benzene rings is 6. The minimum atomic E-state index is -0.553. The molecule has 6 amide bonds. The quantitative estimate of drug-likeness (QED) is 0.0323. The van der Waals surface area contributed by atoms with Gasteiger partial charge in [-0.1, -0.05) is 83.4 Å². The Morgan fingerprint density at radius 3 is 0.977 bits per heavy atom. The predicted octanol–water partition coefficient (Wildman–Crippen LogP) is 12.4. The number of rotatable bonds is 34.